The summed E-state index contributed by atoms with van der Waals surface area (Å²) >= 11 is 0. The summed E-state index contributed by atoms with van der Waals surface area (Å²) in [6.07, 6.45) is 4.04. The highest BCUT2D eigenvalue weighted by Crippen LogP contribution is 2.36. The van der Waals surface area contributed by atoms with Crippen LogP contribution >= 0.6 is 0 Å². The van der Waals surface area contributed by atoms with Gasteiger partial charge in [-0.05, 0) is 12.1 Å². The first kappa shape index (κ1) is 9.97. The van der Waals surface area contributed by atoms with Crippen LogP contribution in [0.25, 0.3) is 0 Å². The molecule has 0 saturated carbocycles. The third kappa shape index (κ3) is 1.78. The predicted octanol–water partition coefficient (Wildman–Crippen LogP) is 0.277. The third-order valence-corrected chi connectivity index (χ3v) is 1.90. The molecule has 7 heteroatoms. The van der Waals surface area contributed by atoms with E-state index in [0.717, 1.165) is 0 Å². The van der Waals surface area contributed by atoms with Crippen LogP contribution in [0.5, 0.6) is 17.2 Å². The minimum absolute atomic E-state index is 0.268. The van der Waals surface area contributed by atoms with Crippen LogP contribution in [0.3, 0.4) is 0 Å². The lowest BCUT2D eigenvalue weighted by Crippen LogP contribution is -1.88. The summed E-state index contributed by atoms with van der Waals surface area (Å²) in [6.45, 7) is 0. The molecule has 0 aliphatic rings. The van der Waals surface area contributed by atoms with Gasteiger partial charge in [-0.2, -0.15) is 5.10 Å². The number of rotatable bonds is 2. The topological polar surface area (TPSA) is 104 Å². The average Bonchev–Trinajstić information content (AvgIpc) is 2.78. The van der Waals surface area contributed by atoms with Crippen LogP contribution in [0.2, 0.25) is 0 Å². The van der Waals surface area contributed by atoms with Gasteiger partial charge < -0.3 is 15.3 Å². The van der Waals surface area contributed by atoms with Crippen LogP contribution in [-0.4, -0.2) is 36.4 Å². The van der Waals surface area contributed by atoms with Gasteiger partial charge in [-0.25, -0.2) is 4.68 Å². The zero-order valence-corrected chi connectivity index (χ0v) is 8.02. The molecule has 0 fully saturated rings. The Balaban J connectivity index is 2.32. The number of hydrogen-bond acceptors (Lipinski definition) is 6. The van der Waals surface area contributed by atoms with Crippen molar-refractivity contribution in [3.63, 3.8) is 0 Å². The maximum absolute atomic E-state index is 9.47. The molecule has 0 aliphatic heterocycles. The summed E-state index contributed by atoms with van der Waals surface area (Å²) in [7, 11) is 0. The summed E-state index contributed by atoms with van der Waals surface area (Å²) in [5.74, 6) is -1.40. The van der Waals surface area contributed by atoms with Gasteiger partial charge >= 0.3 is 0 Å². The van der Waals surface area contributed by atoms with Gasteiger partial charge in [0.2, 0.25) is 5.75 Å². The van der Waals surface area contributed by atoms with Gasteiger partial charge in [0.05, 0.1) is 6.21 Å². The van der Waals surface area contributed by atoms with Crippen LogP contribution in [0.15, 0.2) is 29.9 Å². The van der Waals surface area contributed by atoms with E-state index >= 15 is 0 Å². The summed E-state index contributed by atoms with van der Waals surface area (Å²) in [4.78, 5) is 0. The highest BCUT2D eigenvalue weighted by molar-refractivity contribution is 5.85. The summed E-state index contributed by atoms with van der Waals surface area (Å²) in [5, 5.41) is 38.8. The van der Waals surface area contributed by atoms with Crippen molar-refractivity contribution in [1.29, 1.82) is 0 Å². The molecule has 0 saturated heterocycles. The van der Waals surface area contributed by atoms with Crippen molar-refractivity contribution in [2.45, 2.75) is 0 Å². The monoisotopic (exact) mass is 220 g/mol. The Labute approximate surface area is 89.9 Å². The summed E-state index contributed by atoms with van der Waals surface area (Å²) in [5.41, 5.74) is 0.268. The van der Waals surface area contributed by atoms with E-state index in [-0.39, 0.29) is 11.3 Å². The molecule has 0 spiro atoms. The van der Waals surface area contributed by atoms with E-state index in [9.17, 15) is 10.2 Å². The largest absolute Gasteiger partial charge is 0.504 e. The second-order valence-corrected chi connectivity index (χ2v) is 2.96. The molecule has 1 aromatic heterocycles. The fourth-order valence-electron chi connectivity index (χ4n) is 1.07. The first-order valence-corrected chi connectivity index (χ1v) is 4.31. The smallest absolute Gasteiger partial charge is 0.200 e. The zero-order chi connectivity index (χ0) is 11.5. The average molecular weight is 220 g/mol. The van der Waals surface area contributed by atoms with Crippen molar-refractivity contribution in [3.05, 3.63) is 30.4 Å². The van der Waals surface area contributed by atoms with E-state index in [1.807, 2.05) is 0 Å². The standard InChI is InChI=1S/C9H8N4O3/c14-7-2-1-6(8(15)9(7)16)3-12-13-4-10-11-5-13/h1-5,14-16H/b12-3+. The Morgan fingerprint density at radius 2 is 1.75 bits per heavy atom. The molecule has 1 heterocycles. The second kappa shape index (κ2) is 3.89. The fourth-order valence-corrected chi connectivity index (χ4v) is 1.07. The molecule has 1 aromatic carbocycles. The molecule has 0 atom stereocenters. The Morgan fingerprint density at radius 3 is 2.44 bits per heavy atom. The summed E-state index contributed by atoms with van der Waals surface area (Å²) in [6, 6.07) is 2.67. The molecule has 0 amide bonds. The van der Waals surface area contributed by atoms with Gasteiger partial charge in [-0.15, -0.1) is 10.2 Å². The number of phenolic OH excluding ortho intramolecular Hbond substituents is 3. The highest BCUT2D eigenvalue weighted by atomic mass is 16.3. The quantitative estimate of drug-likeness (QED) is 0.498. The minimum atomic E-state index is -0.576. The highest BCUT2D eigenvalue weighted by Gasteiger charge is 2.08. The minimum Gasteiger partial charge on any atom is -0.504 e. The molecule has 7 nitrogen and oxygen atoms in total. The molecule has 0 aliphatic carbocycles. The normalized spacial score (nSPS) is 11.0. The lowest BCUT2D eigenvalue weighted by molar-refractivity contribution is 0.367. The lowest BCUT2D eigenvalue weighted by atomic mass is 10.2. The van der Waals surface area contributed by atoms with Gasteiger partial charge in [0, 0.05) is 5.56 Å². The SMILES string of the molecule is Oc1ccc(/C=N/n2cnnc2)c(O)c1O. The molecule has 82 valence electrons. The van der Waals surface area contributed by atoms with E-state index in [2.05, 4.69) is 15.3 Å². The number of phenols is 3. The van der Waals surface area contributed by atoms with Gasteiger partial charge in [-0.1, -0.05) is 0 Å². The first-order valence-electron chi connectivity index (χ1n) is 4.31. The molecule has 2 aromatic rings. The summed E-state index contributed by atoms with van der Waals surface area (Å²) < 4.78 is 1.32. The van der Waals surface area contributed by atoms with Crippen molar-refractivity contribution < 1.29 is 15.3 Å². The number of aromatic hydroxyl groups is 3. The third-order valence-electron chi connectivity index (χ3n) is 1.90. The van der Waals surface area contributed by atoms with Crippen LogP contribution in [0.1, 0.15) is 5.56 Å². The van der Waals surface area contributed by atoms with E-state index < -0.39 is 11.5 Å². The van der Waals surface area contributed by atoms with E-state index in [4.69, 9.17) is 5.11 Å². The van der Waals surface area contributed by atoms with Crippen LogP contribution in [-0.2, 0) is 0 Å². The van der Waals surface area contributed by atoms with E-state index in [1.165, 1.54) is 35.7 Å². The van der Waals surface area contributed by atoms with E-state index in [1.54, 1.807) is 0 Å². The Hall–Kier alpha value is -2.57. The molecule has 0 radical (unpaired) electrons. The van der Waals surface area contributed by atoms with Gasteiger partial charge in [-0.3, -0.25) is 0 Å². The second-order valence-electron chi connectivity index (χ2n) is 2.96. The maximum atomic E-state index is 9.47. The first-order chi connectivity index (χ1) is 7.68. The van der Waals surface area contributed by atoms with Crippen LogP contribution in [0, 0.1) is 0 Å². The molecule has 16 heavy (non-hydrogen) atoms. The van der Waals surface area contributed by atoms with Gasteiger partial charge in [0.15, 0.2) is 11.5 Å². The van der Waals surface area contributed by atoms with Gasteiger partial charge in [0.25, 0.3) is 0 Å². The Bertz CT molecular complexity index is 522. The van der Waals surface area contributed by atoms with Gasteiger partial charge in [0.1, 0.15) is 12.7 Å². The van der Waals surface area contributed by atoms with Crippen LogP contribution in [0.4, 0.5) is 0 Å². The predicted molar refractivity (Wildman–Crippen MR) is 54.5 cm³/mol. The molecule has 2 rings (SSSR count). The zero-order valence-electron chi connectivity index (χ0n) is 8.02. The molecular formula is C9H8N4O3. The maximum Gasteiger partial charge on any atom is 0.200 e. The fraction of sp³-hybridized carbons (Fsp3) is 0. The Morgan fingerprint density at radius 1 is 1.06 bits per heavy atom. The molecule has 0 unspecified atom stereocenters. The number of hydrogen-bond donors (Lipinski definition) is 3. The van der Waals surface area contributed by atoms with Crippen molar-refractivity contribution >= 4 is 6.21 Å². The number of benzene rings is 1. The number of aromatic nitrogens is 3. The van der Waals surface area contributed by atoms with Crippen molar-refractivity contribution in [3.8, 4) is 17.2 Å². The molecule has 0 bridgehead atoms. The lowest BCUT2D eigenvalue weighted by Gasteiger charge is -2.02. The van der Waals surface area contributed by atoms with Crippen molar-refractivity contribution in [2.24, 2.45) is 5.10 Å². The number of nitrogens with zero attached hydrogens (tertiary/aromatic N) is 4. The Kier molecular flexibility index (Phi) is 2.42. The van der Waals surface area contributed by atoms with Crippen LogP contribution < -0.4 is 0 Å². The van der Waals surface area contributed by atoms with Crippen molar-refractivity contribution in [1.82, 2.24) is 14.9 Å². The van der Waals surface area contributed by atoms with Crippen molar-refractivity contribution in [2.75, 3.05) is 0 Å². The molecule has 3 N–H and O–H groups in total. The molecular weight excluding hydrogens is 212 g/mol. The van der Waals surface area contributed by atoms with E-state index in [0.29, 0.717) is 0 Å².